The van der Waals surface area contributed by atoms with Crippen LogP contribution < -0.4 is 5.32 Å². The molecule has 0 bridgehead atoms. The van der Waals surface area contributed by atoms with E-state index in [1.54, 1.807) is 0 Å². The van der Waals surface area contributed by atoms with Crippen LogP contribution >= 0.6 is 0 Å². The van der Waals surface area contributed by atoms with E-state index in [2.05, 4.69) is 36.5 Å². The molecule has 0 spiro atoms. The highest BCUT2D eigenvalue weighted by molar-refractivity contribution is 5.21. The highest BCUT2D eigenvalue weighted by Gasteiger charge is 2.18. The summed E-state index contributed by atoms with van der Waals surface area (Å²) in [5, 5.41) is 13.3. The van der Waals surface area contributed by atoms with Crippen molar-refractivity contribution in [3.63, 3.8) is 0 Å². The minimum Gasteiger partial charge on any atom is -0.392 e. The summed E-state index contributed by atoms with van der Waals surface area (Å²) in [6.45, 7) is 3.67. The van der Waals surface area contributed by atoms with Crippen molar-refractivity contribution in [1.82, 2.24) is 5.32 Å². The zero-order valence-electron chi connectivity index (χ0n) is 11.4. The molecular weight excluding hydrogens is 222 g/mol. The van der Waals surface area contributed by atoms with Gasteiger partial charge in [0, 0.05) is 13.1 Å². The first-order chi connectivity index (χ1) is 8.74. The summed E-state index contributed by atoms with van der Waals surface area (Å²) in [5.74, 6) is 0.765. The minimum atomic E-state index is -0.182. The molecule has 1 aromatic rings. The summed E-state index contributed by atoms with van der Waals surface area (Å²) in [6.07, 6.45) is 6.13. The summed E-state index contributed by atoms with van der Waals surface area (Å²) >= 11 is 0. The Morgan fingerprint density at radius 3 is 2.83 bits per heavy atom. The van der Waals surface area contributed by atoms with E-state index in [1.165, 1.54) is 36.8 Å². The van der Waals surface area contributed by atoms with Gasteiger partial charge in [0.05, 0.1) is 6.10 Å². The van der Waals surface area contributed by atoms with Crippen molar-refractivity contribution in [3.8, 4) is 0 Å². The predicted octanol–water partition coefficient (Wildman–Crippen LogP) is 3.03. The van der Waals surface area contributed by atoms with Gasteiger partial charge in [-0.15, -0.1) is 0 Å². The second kappa shape index (κ2) is 6.91. The monoisotopic (exact) mass is 247 g/mol. The number of rotatable bonds is 6. The Morgan fingerprint density at radius 1 is 1.33 bits per heavy atom. The van der Waals surface area contributed by atoms with Crippen molar-refractivity contribution in [2.24, 2.45) is 5.92 Å². The smallest absolute Gasteiger partial charge is 0.0667 e. The fourth-order valence-corrected chi connectivity index (χ4v) is 2.92. The molecule has 0 aromatic heterocycles. The normalized spacial score (nSPS) is 18.1. The van der Waals surface area contributed by atoms with Crippen LogP contribution in [0.2, 0.25) is 0 Å². The maximum atomic E-state index is 9.98. The molecule has 2 nitrogen and oxygen atoms in total. The van der Waals surface area contributed by atoms with Crippen LogP contribution in [-0.4, -0.2) is 17.8 Å². The number of hydrogen-bond acceptors (Lipinski definition) is 2. The van der Waals surface area contributed by atoms with Gasteiger partial charge in [-0.3, -0.25) is 0 Å². The molecule has 2 heteroatoms. The van der Waals surface area contributed by atoms with Crippen LogP contribution in [0.15, 0.2) is 24.3 Å². The average molecular weight is 247 g/mol. The van der Waals surface area contributed by atoms with Crippen molar-refractivity contribution >= 4 is 0 Å². The first-order valence-electron chi connectivity index (χ1n) is 7.18. The van der Waals surface area contributed by atoms with E-state index in [0.29, 0.717) is 6.54 Å². The van der Waals surface area contributed by atoms with Crippen LogP contribution in [0.25, 0.3) is 0 Å². The summed E-state index contributed by atoms with van der Waals surface area (Å²) in [6, 6.07) is 8.51. The van der Waals surface area contributed by atoms with Gasteiger partial charge in [0.2, 0.25) is 0 Å². The molecule has 2 N–H and O–H groups in total. The maximum absolute atomic E-state index is 9.98. The fourth-order valence-electron chi connectivity index (χ4n) is 2.92. The Labute approximate surface area is 110 Å². The second-order valence-corrected chi connectivity index (χ2v) is 5.66. The lowest BCUT2D eigenvalue weighted by molar-refractivity contribution is 0.140. The highest BCUT2D eigenvalue weighted by Crippen LogP contribution is 2.28. The maximum Gasteiger partial charge on any atom is 0.0667 e. The molecule has 18 heavy (non-hydrogen) atoms. The molecule has 0 heterocycles. The van der Waals surface area contributed by atoms with Crippen LogP contribution in [0.4, 0.5) is 0 Å². The molecule has 0 amide bonds. The lowest BCUT2D eigenvalue weighted by Crippen LogP contribution is -2.27. The molecule has 1 aliphatic carbocycles. The van der Waals surface area contributed by atoms with E-state index in [0.717, 1.165) is 18.9 Å². The third-order valence-corrected chi connectivity index (χ3v) is 3.87. The lowest BCUT2D eigenvalue weighted by Gasteiger charge is -2.16. The lowest BCUT2D eigenvalue weighted by atomic mass is 10.00. The Bertz CT molecular complexity index is 358. The summed E-state index contributed by atoms with van der Waals surface area (Å²) < 4.78 is 0. The highest BCUT2D eigenvalue weighted by atomic mass is 16.3. The Morgan fingerprint density at radius 2 is 2.11 bits per heavy atom. The van der Waals surface area contributed by atoms with Gasteiger partial charge in [0.1, 0.15) is 0 Å². The number of aliphatic hydroxyl groups excluding tert-OH is 1. The average Bonchev–Trinajstić information content (AvgIpc) is 2.82. The third kappa shape index (κ3) is 4.43. The molecule has 0 saturated heterocycles. The molecule has 2 rings (SSSR count). The van der Waals surface area contributed by atoms with E-state index < -0.39 is 0 Å². The van der Waals surface area contributed by atoms with Gasteiger partial charge in [-0.25, -0.2) is 0 Å². The van der Waals surface area contributed by atoms with E-state index in [-0.39, 0.29) is 6.10 Å². The molecule has 1 aromatic carbocycles. The fraction of sp³-hybridized carbons (Fsp3) is 0.625. The number of aliphatic hydroxyl groups is 1. The molecule has 0 aliphatic heterocycles. The molecule has 0 radical (unpaired) electrons. The minimum absolute atomic E-state index is 0.182. The van der Waals surface area contributed by atoms with Gasteiger partial charge in [-0.1, -0.05) is 55.5 Å². The third-order valence-electron chi connectivity index (χ3n) is 3.87. The van der Waals surface area contributed by atoms with Crippen LogP contribution in [0.3, 0.4) is 0 Å². The molecule has 1 aliphatic rings. The molecular formula is C16H25NO. The first kappa shape index (κ1) is 13.6. The van der Waals surface area contributed by atoms with Gasteiger partial charge in [0.15, 0.2) is 0 Å². The second-order valence-electron chi connectivity index (χ2n) is 5.66. The summed E-state index contributed by atoms with van der Waals surface area (Å²) in [5.41, 5.74) is 2.59. The van der Waals surface area contributed by atoms with Crippen LogP contribution in [0.1, 0.15) is 43.2 Å². The van der Waals surface area contributed by atoms with Crippen molar-refractivity contribution in [1.29, 1.82) is 0 Å². The van der Waals surface area contributed by atoms with Crippen LogP contribution in [-0.2, 0) is 6.54 Å². The van der Waals surface area contributed by atoms with Crippen molar-refractivity contribution in [2.75, 3.05) is 6.54 Å². The molecule has 1 fully saturated rings. The Balaban J connectivity index is 1.65. The molecule has 1 atom stereocenters. The Hall–Kier alpha value is -0.860. The van der Waals surface area contributed by atoms with Gasteiger partial charge in [-0.05, 0) is 24.8 Å². The van der Waals surface area contributed by atoms with Crippen molar-refractivity contribution in [2.45, 2.75) is 51.7 Å². The van der Waals surface area contributed by atoms with Crippen LogP contribution in [0, 0.1) is 12.8 Å². The summed E-state index contributed by atoms with van der Waals surface area (Å²) in [4.78, 5) is 0. The summed E-state index contributed by atoms with van der Waals surface area (Å²) in [7, 11) is 0. The number of aryl methyl sites for hydroxylation is 1. The van der Waals surface area contributed by atoms with Gasteiger partial charge in [-0.2, -0.15) is 0 Å². The van der Waals surface area contributed by atoms with Gasteiger partial charge < -0.3 is 10.4 Å². The number of benzene rings is 1. The van der Waals surface area contributed by atoms with Crippen molar-refractivity contribution in [3.05, 3.63) is 35.4 Å². The van der Waals surface area contributed by atoms with Crippen LogP contribution in [0.5, 0.6) is 0 Å². The van der Waals surface area contributed by atoms with Gasteiger partial charge >= 0.3 is 0 Å². The predicted molar refractivity (Wildman–Crippen MR) is 75.5 cm³/mol. The van der Waals surface area contributed by atoms with E-state index in [9.17, 15) is 5.11 Å². The first-order valence-corrected chi connectivity index (χ1v) is 7.18. The van der Waals surface area contributed by atoms with E-state index in [1.807, 2.05) is 0 Å². The Kier molecular flexibility index (Phi) is 5.21. The van der Waals surface area contributed by atoms with E-state index >= 15 is 0 Å². The number of hydrogen-bond donors (Lipinski definition) is 2. The molecule has 100 valence electrons. The van der Waals surface area contributed by atoms with E-state index in [4.69, 9.17) is 0 Å². The molecule has 1 unspecified atom stereocenters. The SMILES string of the molecule is Cc1cccc(CNCC(O)CC2CCCC2)c1. The quantitative estimate of drug-likeness (QED) is 0.810. The largest absolute Gasteiger partial charge is 0.392 e. The topological polar surface area (TPSA) is 32.3 Å². The zero-order chi connectivity index (χ0) is 12.8. The zero-order valence-corrected chi connectivity index (χ0v) is 11.4. The standard InChI is InChI=1S/C16H25NO/c1-13-5-4-8-15(9-13)11-17-12-16(18)10-14-6-2-3-7-14/h4-5,8-9,14,16-18H,2-3,6-7,10-12H2,1H3. The van der Waals surface area contributed by atoms with Crippen molar-refractivity contribution < 1.29 is 5.11 Å². The number of nitrogens with one attached hydrogen (secondary N) is 1. The molecule has 1 saturated carbocycles. The van der Waals surface area contributed by atoms with Gasteiger partial charge in [0.25, 0.3) is 0 Å².